The van der Waals surface area contributed by atoms with Crippen molar-refractivity contribution in [2.24, 2.45) is 5.92 Å². The number of thiazole rings is 1. The van der Waals surface area contributed by atoms with Crippen LogP contribution in [0.1, 0.15) is 33.6 Å². The molecule has 2 heterocycles. The summed E-state index contributed by atoms with van der Waals surface area (Å²) in [7, 11) is -1.01. The first-order chi connectivity index (χ1) is 9.85. The molecule has 1 aliphatic rings. The molecule has 0 radical (unpaired) electrons. The van der Waals surface area contributed by atoms with Crippen molar-refractivity contribution < 1.29 is 13.7 Å². The maximum Gasteiger partial charge on any atom is 0.410 e. The van der Waals surface area contributed by atoms with E-state index in [9.17, 15) is 9.00 Å². The number of hydrogen-bond donors (Lipinski definition) is 0. The van der Waals surface area contributed by atoms with E-state index in [0.29, 0.717) is 29.1 Å². The second-order valence-corrected chi connectivity index (χ2v) is 8.79. The van der Waals surface area contributed by atoms with Crippen molar-refractivity contribution in [3.63, 3.8) is 0 Å². The molecule has 0 bridgehead atoms. The van der Waals surface area contributed by atoms with Crippen LogP contribution >= 0.6 is 11.3 Å². The van der Waals surface area contributed by atoms with Crippen LogP contribution in [0.25, 0.3) is 0 Å². The van der Waals surface area contributed by atoms with Gasteiger partial charge in [0.25, 0.3) is 0 Å². The van der Waals surface area contributed by atoms with Gasteiger partial charge in [-0.1, -0.05) is 0 Å². The van der Waals surface area contributed by atoms with Crippen molar-refractivity contribution in [1.29, 1.82) is 0 Å². The molecule has 1 fully saturated rings. The predicted octanol–water partition coefficient (Wildman–Crippen LogP) is 2.90. The smallest absolute Gasteiger partial charge is 0.410 e. The van der Waals surface area contributed by atoms with Crippen LogP contribution in [0.4, 0.5) is 4.79 Å². The summed E-state index contributed by atoms with van der Waals surface area (Å²) >= 11 is 1.44. The number of amides is 1. The lowest BCUT2D eigenvalue weighted by atomic mass is 9.99. The number of aromatic nitrogens is 1. The van der Waals surface area contributed by atoms with Crippen molar-refractivity contribution in [3.05, 3.63) is 11.6 Å². The van der Waals surface area contributed by atoms with Crippen molar-refractivity contribution in [3.8, 4) is 0 Å². The third-order valence-corrected chi connectivity index (χ3v) is 5.94. The van der Waals surface area contributed by atoms with Crippen LogP contribution in [0.15, 0.2) is 15.9 Å². The highest BCUT2D eigenvalue weighted by Gasteiger charge is 2.28. The maximum atomic E-state index is 12.1. The van der Waals surface area contributed by atoms with Gasteiger partial charge in [-0.3, -0.25) is 4.21 Å². The van der Waals surface area contributed by atoms with Gasteiger partial charge < -0.3 is 9.64 Å². The minimum Gasteiger partial charge on any atom is -0.444 e. The largest absolute Gasteiger partial charge is 0.444 e. The summed E-state index contributed by atoms with van der Waals surface area (Å²) in [6.07, 6.45) is 3.18. The van der Waals surface area contributed by atoms with Gasteiger partial charge in [-0.2, -0.15) is 0 Å². The average molecular weight is 330 g/mol. The molecule has 1 aliphatic heterocycles. The number of piperidine rings is 1. The van der Waals surface area contributed by atoms with Gasteiger partial charge in [-0.15, -0.1) is 11.3 Å². The predicted molar refractivity (Wildman–Crippen MR) is 83.9 cm³/mol. The van der Waals surface area contributed by atoms with Crippen molar-refractivity contribution >= 4 is 28.2 Å². The van der Waals surface area contributed by atoms with E-state index in [2.05, 4.69) is 4.98 Å². The molecule has 0 unspecified atom stereocenters. The van der Waals surface area contributed by atoms with Crippen LogP contribution in [-0.2, 0) is 15.5 Å². The molecule has 7 heteroatoms. The summed E-state index contributed by atoms with van der Waals surface area (Å²) < 4.78 is 18.2. The Morgan fingerprint density at radius 1 is 1.48 bits per heavy atom. The third-order valence-electron chi connectivity index (χ3n) is 3.26. The first-order valence-corrected chi connectivity index (χ1v) is 9.31. The Labute approximate surface area is 132 Å². The number of rotatable bonds is 3. The van der Waals surface area contributed by atoms with E-state index in [-0.39, 0.29) is 6.09 Å². The molecule has 0 N–H and O–H groups in total. The molecule has 1 aromatic heterocycles. The Kier molecular flexibility index (Phi) is 5.37. The average Bonchev–Trinajstić information content (AvgIpc) is 2.91. The molecule has 0 aromatic carbocycles. The molecule has 2 rings (SSSR count). The molecule has 0 saturated carbocycles. The highest BCUT2D eigenvalue weighted by atomic mass is 32.2. The molecule has 1 atom stereocenters. The van der Waals surface area contributed by atoms with Crippen molar-refractivity contribution in [1.82, 2.24) is 9.88 Å². The van der Waals surface area contributed by atoms with Gasteiger partial charge in [0.1, 0.15) is 5.60 Å². The van der Waals surface area contributed by atoms with Gasteiger partial charge in [-0.25, -0.2) is 9.78 Å². The Morgan fingerprint density at radius 2 is 2.14 bits per heavy atom. The van der Waals surface area contributed by atoms with Crippen LogP contribution in [0.5, 0.6) is 0 Å². The summed E-state index contributed by atoms with van der Waals surface area (Å²) in [5.41, 5.74) is -0.458. The molecule has 1 amide bonds. The molecular formula is C14H22N2O3S2. The second kappa shape index (κ2) is 6.87. The molecule has 0 spiro atoms. The molecular weight excluding hydrogens is 308 g/mol. The Hall–Kier alpha value is -0.950. The summed E-state index contributed by atoms with van der Waals surface area (Å²) in [4.78, 5) is 17.8. The number of carbonyl (C=O) groups is 1. The Bertz CT molecular complexity index is 489. The van der Waals surface area contributed by atoms with E-state index in [4.69, 9.17) is 4.74 Å². The molecule has 1 aromatic rings. The van der Waals surface area contributed by atoms with Gasteiger partial charge >= 0.3 is 6.09 Å². The quantitative estimate of drug-likeness (QED) is 0.855. The fourth-order valence-electron chi connectivity index (χ4n) is 2.22. The van der Waals surface area contributed by atoms with E-state index < -0.39 is 16.4 Å². The molecule has 118 valence electrons. The Balaban J connectivity index is 1.78. The van der Waals surface area contributed by atoms with Crippen molar-refractivity contribution in [2.45, 2.75) is 43.6 Å². The van der Waals surface area contributed by atoms with Gasteiger partial charge in [0.15, 0.2) is 4.34 Å². The van der Waals surface area contributed by atoms with Gasteiger partial charge in [0, 0.05) is 30.4 Å². The van der Waals surface area contributed by atoms with Gasteiger partial charge in [0.2, 0.25) is 0 Å². The SMILES string of the molecule is CC(C)(C)OC(=O)N1CCC(C[S@@](=O)c2nccs2)CC1. The molecule has 1 saturated heterocycles. The highest BCUT2D eigenvalue weighted by Crippen LogP contribution is 2.22. The van der Waals surface area contributed by atoms with Crippen molar-refractivity contribution in [2.75, 3.05) is 18.8 Å². The van der Waals surface area contributed by atoms with E-state index in [1.54, 1.807) is 11.1 Å². The summed E-state index contributed by atoms with van der Waals surface area (Å²) in [6, 6.07) is 0. The molecule has 5 nitrogen and oxygen atoms in total. The minimum absolute atomic E-state index is 0.248. The van der Waals surface area contributed by atoms with Crippen LogP contribution in [-0.4, -0.2) is 44.6 Å². The molecule has 21 heavy (non-hydrogen) atoms. The Morgan fingerprint density at radius 3 is 2.67 bits per heavy atom. The second-order valence-electron chi connectivity index (χ2n) is 6.22. The summed E-state index contributed by atoms with van der Waals surface area (Å²) in [6.45, 7) is 6.96. The number of carbonyl (C=O) groups excluding carboxylic acids is 1. The fourth-order valence-corrected chi connectivity index (χ4v) is 4.46. The highest BCUT2D eigenvalue weighted by molar-refractivity contribution is 7.87. The third kappa shape index (κ3) is 5.07. The monoisotopic (exact) mass is 330 g/mol. The molecule has 0 aliphatic carbocycles. The van der Waals surface area contributed by atoms with Crippen LogP contribution in [0, 0.1) is 5.92 Å². The topological polar surface area (TPSA) is 59.5 Å². The van der Waals surface area contributed by atoms with E-state index in [1.807, 2.05) is 26.2 Å². The first kappa shape index (κ1) is 16.4. The summed E-state index contributed by atoms with van der Waals surface area (Å²) in [5, 5.41) is 1.85. The zero-order valence-electron chi connectivity index (χ0n) is 12.7. The van der Waals surface area contributed by atoms with Crippen LogP contribution < -0.4 is 0 Å². The van der Waals surface area contributed by atoms with Gasteiger partial charge in [0.05, 0.1) is 10.8 Å². The van der Waals surface area contributed by atoms with Gasteiger partial charge in [-0.05, 0) is 39.5 Å². The lowest BCUT2D eigenvalue weighted by Gasteiger charge is -2.33. The number of likely N-dealkylation sites (tertiary alicyclic amines) is 1. The van der Waals surface area contributed by atoms with E-state index in [0.717, 1.165) is 12.8 Å². The lowest BCUT2D eigenvalue weighted by molar-refractivity contribution is 0.0191. The number of ether oxygens (including phenoxy) is 1. The normalized spacial score (nSPS) is 18.5. The zero-order valence-corrected chi connectivity index (χ0v) is 14.3. The van der Waals surface area contributed by atoms with E-state index in [1.165, 1.54) is 11.3 Å². The minimum atomic E-state index is -1.01. The van der Waals surface area contributed by atoms with Crippen LogP contribution in [0.3, 0.4) is 0 Å². The standard InChI is InChI=1S/C14H22N2O3S2/c1-14(2,3)19-13(17)16-7-4-11(5-8-16)10-21(18)12-15-6-9-20-12/h6,9,11H,4-5,7-8,10H2,1-3H3/t21-/m1/s1. The first-order valence-electron chi connectivity index (χ1n) is 7.11. The van der Waals surface area contributed by atoms with E-state index >= 15 is 0 Å². The fraction of sp³-hybridized carbons (Fsp3) is 0.714. The zero-order chi connectivity index (χ0) is 15.5. The maximum absolute atomic E-state index is 12.1. The number of hydrogen-bond acceptors (Lipinski definition) is 5. The lowest BCUT2D eigenvalue weighted by Crippen LogP contribution is -2.42. The van der Waals surface area contributed by atoms with Crippen LogP contribution in [0.2, 0.25) is 0 Å². The summed E-state index contributed by atoms with van der Waals surface area (Å²) in [5.74, 6) is 1.02. The number of nitrogens with zero attached hydrogens (tertiary/aromatic N) is 2.